The molecule has 2 rings (SSSR count). The van der Waals surface area contributed by atoms with Crippen LogP contribution in [0.25, 0.3) is 0 Å². The minimum atomic E-state index is 0.431. The first kappa shape index (κ1) is 7.08. The van der Waals surface area contributed by atoms with Gasteiger partial charge in [-0.2, -0.15) is 0 Å². The van der Waals surface area contributed by atoms with Gasteiger partial charge in [-0.1, -0.05) is 12.2 Å². The highest BCUT2D eigenvalue weighted by Crippen LogP contribution is 2.54. The number of carbonyl (C=O) groups excluding carboxylic acids is 1. The fourth-order valence-corrected chi connectivity index (χ4v) is 2.39. The number of hydrogen-bond acceptors (Lipinski definition) is 1. The Morgan fingerprint density at radius 3 is 3.00 bits per heavy atom. The second-order valence-corrected chi connectivity index (χ2v) is 3.65. The van der Waals surface area contributed by atoms with Crippen molar-refractivity contribution in [3.05, 3.63) is 12.2 Å². The zero-order chi connectivity index (χ0) is 7.84. The Hall–Kier alpha value is -0.590. The molecule has 0 aromatic rings. The van der Waals surface area contributed by atoms with E-state index in [9.17, 15) is 4.79 Å². The molecule has 0 heterocycles. The lowest BCUT2D eigenvalue weighted by Crippen LogP contribution is -2.07. The molecule has 3 atom stereocenters. The van der Waals surface area contributed by atoms with Gasteiger partial charge >= 0.3 is 0 Å². The predicted molar refractivity (Wildman–Crippen MR) is 44.1 cm³/mol. The molecule has 0 radical (unpaired) electrons. The zero-order valence-electron chi connectivity index (χ0n) is 6.92. The maximum absolute atomic E-state index is 11.3. The average Bonchev–Trinajstić information content (AvgIpc) is 2.66. The molecule has 1 unspecified atom stereocenters. The molecule has 0 amide bonds. The molecule has 0 aromatic carbocycles. The standard InChI is InChI=1S/C10H14O/c1-2-4-7-8-5-3-6-9(11)10(7)8/h2,4,7-8,10H,3,5-6H2,1H3/b4-2+/t7?,8-,10+/m0/s1. The topological polar surface area (TPSA) is 17.1 Å². The van der Waals surface area contributed by atoms with Crippen molar-refractivity contribution in [2.75, 3.05) is 0 Å². The number of rotatable bonds is 1. The van der Waals surface area contributed by atoms with E-state index in [1.165, 1.54) is 6.42 Å². The molecule has 0 N–H and O–H groups in total. The van der Waals surface area contributed by atoms with Gasteiger partial charge in [-0.3, -0.25) is 4.79 Å². The highest BCUT2D eigenvalue weighted by Gasteiger charge is 2.53. The average molecular weight is 150 g/mol. The molecular weight excluding hydrogens is 136 g/mol. The van der Waals surface area contributed by atoms with E-state index in [4.69, 9.17) is 0 Å². The van der Waals surface area contributed by atoms with E-state index in [1.807, 2.05) is 6.92 Å². The largest absolute Gasteiger partial charge is 0.299 e. The quantitative estimate of drug-likeness (QED) is 0.523. The van der Waals surface area contributed by atoms with Crippen LogP contribution >= 0.6 is 0 Å². The predicted octanol–water partition coefficient (Wildman–Crippen LogP) is 2.18. The SMILES string of the molecule is C/C=C/C1[C@H]2C(=O)CCC[C@@H]12. The van der Waals surface area contributed by atoms with E-state index in [2.05, 4.69) is 12.2 Å². The molecule has 0 bridgehead atoms. The van der Waals surface area contributed by atoms with Crippen LogP contribution in [0.3, 0.4) is 0 Å². The van der Waals surface area contributed by atoms with Gasteiger partial charge < -0.3 is 0 Å². The van der Waals surface area contributed by atoms with E-state index in [1.54, 1.807) is 0 Å². The zero-order valence-corrected chi connectivity index (χ0v) is 6.92. The van der Waals surface area contributed by atoms with Gasteiger partial charge in [0.05, 0.1) is 0 Å². The number of allylic oxidation sites excluding steroid dienone is 2. The van der Waals surface area contributed by atoms with Gasteiger partial charge in [0.2, 0.25) is 0 Å². The highest BCUT2D eigenvalue weighted by atomic mass is 16.1. The molecule has 1 heteroatoms. The van der Waals surface area contributed by atoms with Crippen LogP contribution < -0.4 is 0 Å². The fourth-order valence-electron chi connectivity index (χ4n) is 2.39. The molecule has 0 aliphatic heterocycles. The van der Waals surface area contributed by atoms with Crippen LogP contribution in [0.1, 0.15) is 26.2 Å². The first-order valence-corrected chi connectivity index (χ1v) is 4.50. The van der Waals surface area contributed by atoms with E-state index in [0.717, 1.165) is 18.8 Å². The lowest BCUT2D eigenvalue weighted by atomic mass is 10.00. The van der Waals surface area contributed by atoms with E-state index < -0.39 is 0 Å². The number of ketones is 1. The Kier molecular flexibility index (Phi) is 1.59. The van der Waals surface area contributed by atoms with Crippen LogP contribution in [0.5, 0.6) is 0 Å². The van der Waals surface area contributed by atoms with Crippen LogP contribution in [0.2, 0.25) is 0 Å². The summed E-state index contributed by atoms with van der Waals surface area (Å²) in [7, 11) is 0. The highest BCUT2D eigenvalue weighted by molar-refractivity contribution is 5.85. The smallest absolute Gasteiger partial charge is 0.136 e. The number of fused-ring (bicyclic) bond motifs is 1. The molecule has 1 nitrogen and oxygen atoms in total. The van der Waals surface area contributed by atoms with Crippen LogP contribution in [0.15, 0.2) is 12.2 Å². The van der Waals surface area contributed by atoms with Gasteiger partial charge in [-0.05, 0) is 31.6 Å². The van der Waals surface area contributed by atoms with Crippen LogP contribution in [0.4, 0.5) is 0 Å². The van der Waals surface area contributed by atoms with Gasteiger partial charge in [0.1, 0.15) is 5.78 Å². The van der Waals surface area contributed by atoms with Crippen molar-refractivity contribution in [1.82, 2.24) is 0 Å². The van der Waals surface area contributed by atoms with Crippen LogP contribution in [-0.4, -0.2) is 5.78 Å². The third kappa shape index (κ3) is 1.03. The Balaban J connectivity index is 2.05. The lowest BCUT2D eigenvalue weighted by molar-refractivity contribution is -0.121. The van der Waals surface area contributed by atoms with Crippen molar-refractivity contribution in [1.29, 1.82) is 0 Å². The summed E-state index contributed by atoms with van der Waals surface area (Å²) in [5.41, 5.74) is 0. The molecule has 60 valence electrons. The maximum atomic E-state index is 11.3. The van der Waals surface area contributed by atoms with Gasteiger partial charge in [0, 0.05) is 12.3 Å². The molecule has 0 spiro atoms. The van der Waals surface area contributed by atoms with Crippen molar-refractivity contribution in [3.63, 3.8) is 0 Å². The van der Waals surface area contributed by atoms with E-state index >= 15 is 0 Å². The first-order valence-electron chi connectivity index (χ1n) is 4.50. The number of hydrogen-bond donors (Lipinski definition) is 0. The summed E-state index contributed by atoms with van der Waals surface area (Å²) in [6.07, 6.45) is 7.55. The number of Topliss-reactive ketones (excluding diaryl/α,β-unsaturated/α-hetero) is 1. The Morgan fingerprint density at radius 1 is 1.55 bits per heavy atom. The van der Waals surface area contributed by atoms with E-state index in [0.29, 0.717) is 17.6 Å². The summed E-state index contributed by atoms with van der Waals surface area (Å²) in [5.74, 6) is 2.30. The van der Waals surface area contributed by atoms with Crippen molar-refractivity contribution in [2.24, 2.45) is 17.8 Å². The minimum absolute atomic E-state index is 0.431. The van der Waals surface area contributed by atoms with E-state index in [-0.39, 0.29) is 0 Å². The van der Waals surface area contributed by atoms with Crippen molar-refractivity contribution < 1.29 is 4.79 Å². The summed E-state index contributed by atoms with van der Waals surface area (Å²) < 4.78 is 0. The number of carbonyl (C=O) groups is 1. The van der Waals surface area contributed by atoms with Crippen molar-refractivity contribution >= 4 is 5.78 Å². The molecule has 0 aromatic heterocycles. The fraction of sp³-hybridized carbons (Fsp3) is 0.700. The third-order valence-corrected chi connectivity index (χ3v) is 2.98. The van der Waals surface area contributed by atoms with Crippen LogP contribution in [-0.2, 0) is 4.79 Å². The van der Waals surface area contributed by atoms with Gasteiger partial charge in [-0.25, -0.2) is 0 Å². The normalized spacial score (nSPS) is 42.6. The lowest BCUT2D eigenvalue weighted by Gasteiger charge is -2.04. The summed E-state index contributed by atoms with van der Waals surface area (Å²) >= 11 is 0. The molecule has 11 heavy (non-hydrogen) atoms. The summed E-state index contributed by atoms with van der Waals surface area (Å²) in [5, 5.41) is 0. The summed E-state index contributed by atoms with van der Waals surface area (Å²) in [4.78, 5) is 11.3. The second-order valence-electron chi connectivity index (χ2n) is 3.65. The Labute approximate surface area is 67.5 Å². The third-order valence-electron chi connectivity index (χ3n) is 2.98. The van der Waals surface area contributed by atoms with Gasteiger partial charge in [-0.15, -0.1) is 0 Å². The van der Waals surface area contributed by atoms with Crippen molar-refractivity contribution in [3.8, 4) is 0 Å². The molecular formula is C10H14O. The Morgan fingerprint density at radius 2 is 2.36 bits per heavy atom. The monoisotopic (exact) mass is 150 g/mol. The second kappa shape index (κ2) is 2.47. The minimum Gasteiger partial charge on any atom is -0.299 e. The molecule has 2 saturated carbocycles. The molecule has 2 aliphatic carbocycles. The van der Waals surface area contributed by atoms with Gasteiger partial charge in [0.25, 0.3) is 0 Å². The molecule has 0 saturated heterocycles. The summed E-state index contributed by atoms with van der Waals surface area (Å²) in [6, 6.07) is 0. The molecule has 2 fully saturated rings. The summed E-state index contributed by atoms with van der Waals surface area (Å²) in [6.45, 7) is 2.04. The van der Waals surface area contributed by atoms with Crippen LogP contribution in [0, 0.1) is 17.8 Å². The first-order chi connectivity index (χ1) is 5.34. The Bertz CT molecular complexity index is 205. The van der Waals surface area contributed by atoms with Gasteiger partial charge in [0.15, 0.2) is 0 Å². The van der Waals surface area contributed by atoms with Crippen molar-refractivity contribution in [2.45, 2.75) is 26.2 Å². The molecule has 2 aliphatic rings. The maximum Gasteiger partial charge on any atom is 0.136 e.